The molecule has 2 heteroatoms. The third kappa shape index (κ3) is 4.79. The van der Waals surface area contributed by atoms with E-state index < -0.39 is 0 Å². The van der Waals surface area contributed by atoms with Crippen molar-refractivity contribution in [1.82, 2.24) is 0 Å². The van der Waals surface area contributed by atoms with E-state index in [0.717, 1.165) is 57.9 Å². The molecular weight excluding hydrogens is 595 g/mol. The Hall–Kier alpha value is -6.12. The maximum absolute atomic E-state index is 6.71. The van der Waals surface area contributed by atoms with Gasteiger partial charge >= 0.3 is 0 Å². The van der Waals surface area contributed by atoms with E-state index in [2.05, 4.69) is 170 Å². The first-order valence-corrected chi connectivity index (χ1v) is 17.1. The summed E-state index contributed by atoms with van der Waals surface area (Å²) in [4.78, 5) is 2.29. The quantitative estimate of drug-likeness (QED) is 0.170. The maximum Gasteiger partial charge on any atom is 0.158 e. The lowest BCUT2D eigenvalue weighted by molar-refractivity contribution is 0.495. The zero-order chi connectivity index (χ0) is 32.9. The van der Waals surface area contributed by atoms with Crippen LogP contribution in [0.15, 0.2) is 157 Å². The van der Waals surface area contributed by atoms with Crippen LogP contribution in [0.4, 0.5) is 11.4 Å². The fourth-order valence-corrected chi connectivity index (χ4v) is 7.68. The van der Waals surface area contributed by atoms with Gasteiger partial charge in [-0.15, -0.1) is 0 Å². The topological polar surface area (TPSA) is 16.4 Å². The van der Waals surface area contributed by atoms with Crippen LogP contribution in [0, 0.1) is 0 Å². The van der Waals surface area contributed by atoms with Gasteiger partial charge in [0.25, 0.3) is 0 Å². The second kappa shape index (κ2) is 11.8. The largest absolute Gasteiger partial charge is 0.458 e. The van der Waals surface area contributed by atoms with Gasteiger partial charge in [0, 0.05) is 28.6 Å². The van der Waals surface area contributed by atoms with Gasteiger partial charge in [0.1, 0.15) is 5.76 Å². The summed E-state index contributed by atoms with van der Waals surface area (Å²) in [6.45, 7) is 6.84. The normalized spacial score (nSPS) is 12.8. The second-order valence-corrected chi connectivity index (χ2v) is 12.8. The highest BCUT2D eigenvalue weighted by Crippen LogP contribution is 2.45. The molecule has 0 N–H and O–H groups in total. The predicted octanol–water partition coefficient (Wildman–Crippen LogP) is 13.4. The zero-order valence-electron chi connectivity index (χ0n) is 27.5. The Balaban J connectivity index is 1.26. The van der Waals surface area contributed by atoms with Gasteiger partial charge in [-0.1, -0.05) is 140 Å². The minimum Gasteiger partial charge on any atom is -0.458 e. The first-order valence-electron chi connectivity index (χ1n) is 17.1. The van der Waals surface area contributed by atoms with E-state index in [1.807, 2.05) is 0 Å². The van der Waals surface area contributed by atoms with Crippen LogP contribution in [0.25, 0.3) is 72.1 Å². The fourth-order valence-electron chi connectivity index (χ4n) is 7.68. The monoisotopic (exact) mass is 629 g/mol. The van der Waals surface area contributed by atoms with Gasteiger partial charge in [0.15, 0.2) is 5.76 Å². The molecule has 234 valence electrons. The van der Waals surface area contributed by atoms with Crippen molar-refractivity contribution in [2.75, 3.05) is 4.90 Å². The van der Waals surface area contributed by atoms with Gasteiger partial charge in [-0.25, -0.2) is 0 Å². The predicted molar refractivity (Wildman–Crippen MR) is 210 cm³/mol. The molecule has 8 aromatic rings. The maximum atomic E-state index is 6.71. The molecule has 0 amide bonds. The van der Waals surface area contributed by atoms with Crippen molar-refractivity contribution >= 4 is 72.3 Å². The molecule has 1 aliphatic carbocycles. The van der Waals surface area contributed by atoms with E-state index in [1.165, 1.54) is 48.8 Å². The summed E-state index contributed by atoms with van der Waals surface area (Å²) in [7, 11) is 0. The molecule has 0 fully saturated rings. The highest BCUT2D eigenvalue weighted by molar-refractivity contribution is 6.16. The van der Waals surface area contributed by atoms with Gasteiger partial charge < -0.3 is 9.32 Å². The standard InChI is InChI=1S/C47H35NO/c1-3-14-43-42-23-12-13-24-46(42)49-47(43)31(2)48(45-30-34-16-5-7-18-37(34)39-20-10-11-22-41(39)45)35-27-25-32(26-28-35)44-29-33-15-4-6-17-36(33)38-19-8-9-21-40(38)44/h3-12,14-23,25-30H,2,13,24H2,1H3/b14-3-. The van der Waals surface area contributed by atoms with Crippen molar-refractivity contribution in [3.05, 3.63) is 175 Å². The highest BCUT2D eigenvalue weighted by Gasteiger charge is 2.26. The van der Waals surface area contributed by atoms with E-state index in [4.69, 9.17) is 11.0 Å². The second-order valence-electron chi connectivity index (χ2n) is 12.8. The molecule has 1 heterocycles. The van der Waals surface area contributed by atoms with Crippen molar-refractivity contribution in [1.29, 1.82) is 0 Å². The number of nitrogens with zero attached hydrogens (tertiary/aromatic N) is 1. The van der Waals surface area contributed by atoms with Crippen LogP contribution >= 0.6 is 0 Å². The Morgan fingerprint density at radius 2 is 1.27 bits per heavy atom. The molecule has 1 aromatic heterocycles. The molecule has 7 aromatic carbocycles. The summed E-state index contributed by atoms with van der Waals surface area (Å²) in [5, 5.41) is 9.83. The van der Waals surface area contributed by atoms with Crippen LogP contribution in [0.2, 0.25) is 0 Å². The SMILES string of the molecule is C=C(c1oc2c(c1/C=C\C)C=CCC2)N(c1ccc(-c2cc3ccccc3c3ccccc23)cc1)c1cc2ccccc2c2ccccc12. The first-order chi connectivity index (χ1) is 24.2. The Labute approximate surface area is 286 Å². The summed E-state index contributed by atoms with van der Waals surface area (Å²) in [6.07, 6.45) is 10.5. The lowest BCUT2D eigenvalue weighted by atomic mass is 9.93. The van der Waals surface area contributed by atoms with Crippen molar-refractivity contribution in [3.8, 4) is 11.1 Å². The Morgan fingerprint density at radius 1 is 0.673 bits per heavy atom. The summed E-state index contributed by atoms with van der Waals surface area (Å²) < 4.78 is 6.71. The number of allylic oxidation sites excluding steroid dienone is 2. The van der Waals surface area contributed by atoms with Crippen LogP contribution in [-0.2, 0) is 6.42 Å². The number of aryl methyl sites for hydroxylation is 1. The molecule has 2 nitrogen and oxygen atoms in total. The summed E-state index contributed by atoms with van der Waals surface area (Å²) in [6, 6.07) is 48.3. The molecule has 0 unspecified atom stereocenters. The van der Waals surface area contributed by atoms with E-state index in [-0.39, 0.29) is 0 Å². The van der Waals surface area contributed by atoms with Crippen LogP contribution in [0.5, 0.6) is 0 Å². The van der Waals surface area contributed by atoms with E-state index in [1.54, 1.807) is 0 Å². The molecular formula is C47H35NO. The summed E-state index contributed by atoms with van der Waals surface area (Å²) in [5.74, 6) is 1.82. The van der Waals surface area contributed by atoms with Crippen LogP contribution in [0.3, 0.4) is 0 Å². The molecule has 0 radical (unpaired) electrons. The molecule has 0 saturated heterocycles. The van der Waals surface area contributed by atoms with Crippen LogP contribution in [-0.4, -0.2) is 0 Å². The van der Waals surface area contributed by atoms with Crippen molar-refractivity contribution < 1.29 is 4.42 Å². The van der Waals surface area contributed by atoms with E-state index in [9.17, 15) is 0 Å². The van der Waals surface area contributed by atoms with Crippen LogP contribution < -0.4 is 4.90 Å². The van der Waals surface area contributed by atoms with Gasteiger partial charge in [-0.2, -0.15) is 0 Å². The van der Waals surface area contributed by atoms with Gasteiger partial charge in [0.05, 0.1) is 11.4 Å². The number of anilines is 2. The lowest BCUT2D eigenvalue weighted by Gasteiger charge is -2.29. The number of furan rings is 1. The number of hydrogen-bond donors (Lipinski definition) is 0. The number of fused-ring (bicyclic) bond motifs is 7. The summed E-state index contributed by atoms with van der Waals surface area (Å²) >= 11 is 0. The molecule has 0 saturated carbocycles. The van der Waals surface area contributed by atoms with Crippen LogP contribution in [0.1, 0.15) is 36.0 Å². The van der Waals surface area contributed by atoms with Gasteiger partial charge in [-0.05, 0) is 86.4 Å². The smallest absolute Gasteiger partial charge is 0.158 e. The molecule has 9 rings (SSSR count). The zero-order valence-corrected chi connectivity index (χ0v) is 27.5. The highest BCUT2D eigenvalue weighted by atomic mass is 16.3. The van der Waals surface area contributed by atoms with Crippen molar-refractivity contribution in [2.45, 2.75) is 19.8 Å². The molecule has 49 heavy (non-hydrogen) atoms. The molecule has 0 bridgehead atoms. The van der Waals surface area contributed by atoms with Gasteiger partial charge in [0.2, 0.25) is 0 Å². The van der Waals surface area contributed by atoms with Gasteiger partial charge in [-0.3, -0.25) is 0 Å². The lowest BCUT2D eigenvalue weighted by Crippen LogP contribution is -2.15. The molecule has 1 aliphatic rings. The first kappa shape index (κ1) is 29.1. The minimum absolute atomic E-state index is 0.802. The third-order valence-electron chi connectivity index (χ3n) is 9.94. The number of hydrogen-bond acceptors (Lipinski definition) is 2. The average Bonchev–Trinajstić information content (AvgIpc) is 3.53. The molecule has 0 atom stereocenters. The minimum atomic E-state index is 0.802. The van der Waals surface area contributed by atoms with Crippen molar-refractivity contribution in [2.24, 2.45) is 0 Å². The Bertz CT molecular complexity index is 2630. The third-order valence-corrected chi connectivity index (χ3v) is 9.94. The van der Waals surface area contributed by atoms with Crippen molar-refractivity contribution in [3.63, 3.8) is 0 Å². The Kier molecular flexibility index (Phi) is 7.02. The summed E-state index contributed by atoms with van der Waals surface area (Å²) in [5.41, 5.74) is 7.53. The Morgan fingerprint density at radius 3 is 1.96 bits per heavy atom. The average molecular weight is 630 g/mol. The number of benzene rings is 7. The number of rotatable bonds is 6. The fraction of sp³-hybridized carbons (Fsp3) is 0.0638. The molecule has 0 aliphatic heterocycles. The van der Waals surface area contributed by atoms with E-state index >= 15 is 0 Å². The van der Waals surface area contributed by atoms with E-state index in [0.29, 0.717) is 0 Å². The molecule has 0 spiro atoms.